The standard InChI is InChI=1S/C18H16Cl2N4O2/c1-3-26-14-6-4-5-12(8-14)18(25)22-16-7-11(2)23-24(16)17-15(20)9-13(19)10-21-17/h4-10H,3H2,1-2H3,(H,22,25). The lowest BCUT2D eigenvalue weighted by atomic mass is 10.2. The topological polar surface area (TPSA) is 69.0 Å². The summed E-state index contributed by atoms with van der Waals surface area (Å²) in [5.41, 5.74) is 1.17. The van der Waals surface area contributed by atoms with Crippen molar-refractivity contribution in [3.8, 4) is 11.6 Å². The summed E-state index contributed by atoms with van der Waals surface area (Å²) in [7, 11) is 0. The van der Waals surface area contributed by atoms with E-state index >= 15 is 0 Å². The van der Waals surface area contributed by atoms with Gasteiger partial charge in [-0.1, -0.05) is 29.3 Å². The first kappa shape index (κ1) is 18.2. The number of benzene rings is 1. The second-order valence-electron chi connectivity index (χ2n) is 5.46. The molecule has 0 atom stereocenters. The van der Waals surface area contributed by atoms with Gasteiger partial charge in [-0.25, -0.2) is 4.98 Å². The van der Waals surface area contributed by atoms with E-state index in [0.29, 0.717) is 45.3 Å². The van der Waals surface area contributed by atoms with Crippen LogP contribution in [0.15, 0.2) is 42.6 Å². The third kappa shape index (κ3) is 3.98. The van der Waals surface area contributed by atoms with Gasteiger partial charge in [-0.3, -0.25) is 4.79 Å². The second kappa shape index (κ2) is 7.76. The molecule has 0 bridgehead atoms. The molecule has 0 aliphatic heterocycles. The lowest BCUT2D eigenvalue weighted by Crippen LogP contribution is -2.16. The molecule has 0 aliphatic rings. The number of pyridine rings is 1. The number of anilines is 1. The Bertz CT molecular complexity index is 956. The van der Waals surface area contributed by atoms with Crippen LogP contribution in [-0.2, 0) is 0 Å². The van der Waals surface area contributed by atoms with Crippen molar-refractivity contribution in [2.24, 2.45) is 0 Å². The number of carbonyl (C=O) groups excluding carboxylic acids is 1. The maximum absolute atomic E-state index is 12.6. The number of ether oxygens (including phenoxy) is 1. The molecule has 0 fully saturated rings. The van der Waals surface area contributed by atoms with E-state index in [0.717, 1.165) is 0 Å². The Morgan fingerprint density at radius 1 is 1.27 bits per heavy atom. The molecular weight excluding hydrogens is 375 g/mol. The highest BCUT2D eigenvalue weighted by Gasteiger charge is 2.16. The third-order valence-electron chi connectivity index (χ3n) is 3.47. The van der Waals surface area contributed by atoms with Gasteiger partial charge in [0.15, 0.2) is 5.82 Å². The van der Waals surface area contributed by atoms with Crippen molar-refractivity contribution in [1.29, 1.82) is 0 Å². The molecule has 0 spiro atoms. The molecule has 134 valence electrons. The highest BCUT2D eigenvalue weighted by Crippen LogP contribution is 2.25. The number of rotatable bonds is 5. The lowest BCUT2D eigenvalue weighted by molar-refractivity contribution is 0.102. The maximum Gasteiger partial charge on any atom is 0.256 e. The minimum Gasteiger partial charge on any atom is -0.494 e. The Morgan fingerprint density at radius 3 is 2.81 bits per heavy atom. The zero-order valence-electron chi connectivity index (χ0n) is 14.2. The fourth-order valence-corrected chi connectivity index (χ4v) is 2.86. The van der Waals surface area contributed by atoms with E-state index in [1.54, 1.807) is 36.4 Å². The number of nitrogens with zero attached hydrogens (tertiary/aromatic N) is 3. The van der Waals surface area contributed by atoms with Gasteiger partial charge in [-0.15, -0.1) is 0 Å². The normalized spacial score (nSPS) is 10.6. The Morgan fingerprint density at radius 2 is 2.08 bits per heavy atom. The molecule has 8 heteroatoms. The summed E-state index contributed by atoms with van der Waals surface area (Å²) in [5, 5.41) is 7.93. The van der Waals surface area contributed by atoms with Crippen molar-refractivity contribution < 1.29 is 9.53 Å². The average molecular weight is 391 g/mol. The minimum absolute atomic E-state index is 0.294. The molecule has 2 aromatic heterocycles. The molecule has 0 saturated heterocycles. The van der Waals surface area contributed by atoms with Crippen LogP contribution in [0.2, 0.25) is 10.0 Å². The van der Waals surface area contributed by atoms with Crippen LogP contribution in [0, 0.1) is 6.92 Å². The Kier molecular flexibility index (Phi) is 5.44. The molecule has 1 N–H and O–H groups in total. The molecule has 0 saturated carbocycles. The number of nitrogens with one attached hydrogen (secondary N) is 1. The van der Waals surface area contributed by atoms with Crippen LogP contribution in [0.5, 0.6) is 5.75 Å². The van der Waals surface area contributed by atoms with Gasteiger partial charge in [0.05, 0.1) is 22.3 Å². The summed E-state index contributed by atoms with van der Waals surface area (Å²) in [6.07, 6.45) is 1.47. The summed E-state index contributed by atoms with van der Waals surface area (Å²) in [6, 6.07) is 10.3. The van der Waals surface area contributed by atoms with Crippen LogP contribution >= 0.6 is 23.2 Å². The van der Waals surface area contributed by atoms with Gasteiger partial charge in [0.2, 0.25) is 0 Å². The van der Waals surface area contributed by atoms with E-state index in [2.05, 4.69) is 15.4 Å². The van der Waals surface area contributed by atoms with Crippen LogP contribution in [0.1, 0.15) is 23.0 Å². The van der Waals surface area contributed by atoms with Crippen molar-refractivity contribution >= 4 is 34.9 Å². The minimum atomic E-state index is -0.294. The predicted octanol–water partition coefficient (Wildman–Crippen LogP) is 4.53. The number of aromatic nitrogens is 3. The number of halogens is 2. The van der Waals surface area contributed by atoms with E-state index < -0.39 is 0 Å². The summed E-state index contributed by atoms with van der Waals surface area (Å²) in [6.45, 7) is 4.22. The zero-order valence-corrected chi connectivity index (χ0v) is 15.7. The van der Waals surface area contributed by atoms with Crippen LogP contribution < -0.4 is 10.1 Å². The Hall–Kier alpha value is -2.57. The highest BCUT2D eigenvalue weighted by atomic mass is 35.5. The van der Waals surface area contributed by atoms with Crippen molar-refractivity contribution in [3.05, 3.63) is 63.9 Å². The van der Waals surface area contributed by atoms with E-state index in [1.165, 1.54) is 10.9 Å². The summed E-state index contributed by atoms with van der Waals surface area (Å²) in [5.74, 6) is 1.17. The number of aryl methyl sites for hydroxylation is 1. The van der Waals surface area contributed by atoms with Gasteiger partial charge in [-0.05, 0) is 38.1 Å². The fourth-order valence-electron chi connectivity index (χ4n) is 2.40. The number of amides is 1. The molecule has 2 heterocycles. The van der Waals surface area contributed by atoms with E-state index in [-0.39, 0.29) is 5.91 Å². The largest absolute Gasteiger partial charge is 0.494 e. The monoisotopic (exact) mass is 390 g/mol. The summed E-state index contributed by atoms with van der Waals surface area (Å²) >= 11 is 12.1. The first-order chi connectivity index (χ1) is 12.5. The molecule has 3 rings (SSSR count). The van der Waals surface area contributed by atoms with Crippen molar-refractivity contribution in [1.82, 2.24) is 14.8 Å². The first-order valence-corrected chi connectivity index (χ1v) is 8.66. The van der Waals surface area contributed by atoms with Crippen LogP contribution in [-0.4, -0.2) is 27.3 Å². The average Bonchev–Trinajstić information content (AvgIpc) is 2.95. The first-order valence-electron chi connectivity index (χ1n) is 7.90. The Balaban J connectivity index is 1.91. The summed E-state index contributed by atoms with van der Waals surface area (Å²) < 4.78 is 6.90. The fraction of sp³-hybridized carbons (Fsp3) is 0.167. The number of carbonyl (C=O) groups is 1. The SMILES string of the molecule is CCOc1cccc(C(=O)Nc2cc(C)nn2-c2ncc(Cl)cc2Cl)c1. The molecule has 3 aromatic rings. The van der Waals surface area contributed by atoms with Crippen LogP contribution in [0.4, 0.5) is 5.82 Å². The third-order valence-corrected chi connectivity index (χ3v) is 3.95. The van der Waals surface area contributed by atoms with E-state index in [9.17, 15) is 4.79 Å². The number of hydrogen-bond acceptors (Lipinski definition) is 4. The van der Waals surface area contributed by atoms with Crippen molar-refractivity contribution in [3.63, 3.8) is 0 Å². The van der Waals surface area contributed by atoms with Gasteiger partial charge >= 0.3 is 0 Å². The lowest BCUT2D eigenvalue weighted by Gasteiger charge is -2.10. The quantitative estimate of drug-likeness (QED) is 0.694. The molecule has 1 aromatic carbocycles. The molecule has 0 radical (unpaired) electrons. The second-order valence-corrected chi connectivity index (χ2v) is 6.30. The van der Waals surface area contributed by atoms with Crippen LogP contribution in [0.25, 0.3) is 5.82 Å². The molecular formula is C18H16Cl2N4O2. The molecule has 6 nitrogen and oxygen atoms in total. The maximum atomic E-state index is 12.6. The zero-order chi connectivity index (χ0) is 18.7. The van der Waals surface area contributed by atoms with Gasteiger partial charge in [0.1, 0.15) is 11.6 Å². The predicted molar refractivity (Wildman–Crippen MR) is 102 cm³/mol. The van der Waals surface area contributed by atoms with Gasteiger partial charge in [0, 0.05) is 17.8 Å². The molecule has 26 heavy (non-hydrogen) atoms. The van der Waals surface area contributed by atoms with Crippen molar-refractivity contribution in [2.75, 3.05) is 11.9 Å². The molecule has 0 aliphatic carbocycles. The van der Waals surface area contributed by atoms with E-state index in [4.69, 9.17) is 27.9 Å². The molecule has 0 unspecified atom stereocenters. The summed E-state index contributed by atoms with van der Waals surface area (Å²) in [4.78, 5) is 16.8. The number of hydrogen-bond donors (Lipinski definition) is 1. The van der Waals surface area contributed by atoms with Gasteiger partial charge in [0.25, 0.3) is 5.91 Å². The van der Waals surface area contributed by atoms with Gasteiger partial charge in [-0.2, -0.15) is 9.78 Å². The highest BCUT2D eigenvalue weighted by molar-refractivity contribution is 6.35. The molecule has 1 amide bonds. The Labute approximate surface area is 160 Å². The van der Waals surface area contributed by atoms with Crippen molar-refractivity contribution in [2.45, 2.75) is 13.8 Å². The smallest absolute Gasteiger partial charge is 0.256 e. The van der Waals surface area contributed by atoms with E-state index in [1.807, 2.05) is 13.8 Å². The van der Waals surface area contributed by atoms with Crippen LogP contribution in [0.3, 0.4) is 0 Å². The van der Waals surface area contributed by atoms with Gasteiger partial charge < -0.3 is 10.1 Å².